The molecule has 0 aromatic heterocycles. The number of nitrogens with zero attached hydrogens (tertiary/aromatic N) is 1. The van der Waals surface area contributed by atoms with E-state index in [0.717, 1.165) is 23.4 Å². The van der Waals surface area contributed by atoms with Gasteiger partial charge in [-0.15, -0.1) is 11.8 Å². The number of anilines is 1. The molecule has 2 aromatic carbocycles. The first-order chi connectivity index (χ1) is 10.7. The molecule has 1 atom stereocenters. The Bertz CT molecular complexity index is 737. The van der Waals surface area contributed by atoms with Gasteiger partial charge in [0.2, 0.25) is 5.91 Å². The molecule has 0 saturated carbocycles. The number of carbonyl (C=O) groups excluding carboxylic acids is 1. The average Bonchev–Trinajstić information content (AvgIpc) is 2.78. The SMILES string of the molecule is O=C1CSC2(c3ccccc3)c3cc(Cl)ccc3NCCN12. The van der Waals surface area contributed by atoms with Crippen molar-refractivity contribution in [2.45, 2.75) is 4.87 Å². The van der Waals surface area contributed by atoms with E-state index in [0.29, 0.717) is 17.3 Å². The lowest BCUT2D eigenvalue weighted by Gasteiger charge is -2.37. The van der Waals surface area contributed by atoms with Gasteiger partial charge in [-0.1, -0.05) is 41.9 Å². The van der Waals surface area contributed by atoms with Crippen molar-refractivity contribution in [2.24, 2.45) is 0 Å². The fourth-order valence-corrected chi connectivity index (χ4v) is 4.95. The normalized spacial score (nSPS) is 23.5. The maximum Gasteiger partial charge on any atom is 0.234 e. The van der Waals surface area contributed by atoms with E-state index in [9.17, 15) is 4.79 Å². The van der Waals surface area contributed by atoms with E-state index in [1.807, 2.05) is 41.3 Å². The van der Waals surface area contributed by atoms with Crippen molar-refractivity contribution in [3.05, 3.63) is 64.7 Å². The van der Waals surface area contributed by atoms with Crippen LogP contribution >= 0.6 is 23.4 Å². The van der Waals surface area contributed by atoms with E-state index in [4.69, 9.17) is 11.6 Å². The van der Waals surface area contributed by atoms with Gasteiger partial charge in [0, 0.05) is 29.4 Å². The summed E-state index contributed by atoms with van der Waals surface area (Å²) < 4.78 is 0. The van der Waals surface area contributed by atoms with Crippen LogP contribution in [-0.2, 0) is 9.67 Å². The lowest BCUT2D eigenvalue weighted by atomic mass is 9.95. The van der Waals surface area contributed by atoms with Gasteiger partial charge in [0.05, 0.1) is 5.75 Å². The minimum Gasteiger partial charge on any atom is -0.383 e. The number of hydrogen-bond donors (Lipinski definition) is 1. The number of nitrogens with one attached hydrogen (secondary N) is 1. The van der Waals surface area contributed by atoms with Crippen LogP contribution in [0.5, 0.6) is 0 Å². The fraction of sp³-hybridized carbons (Fsp3) is 0.235. The minimum absolute atomic E-state index is 0.184. The average molecular weight is 331 g/mol. The predicted octanol–water partition coefficient (Wildman–Crippen LogP) is 3.54. The highest BCUT2D eigenvalue weighted by Gasteiger charge is 2.50. The summed E-state index contributed by atoms with van der Waals surface area (Å²) in [5.41, 5.74) is 3.25. The number of benzene rings is 2. The van der Waals surface area contributed by atoms with E-state index in [2.05, 4.69) is 17.4 Å². The second-order valence-electron chi connectivity index (χ2n) is 5.46. The van der Waals surface area contributed by atoms with E-state index < -0.39 is 4.87 Å². The largest absolute Gasteiger partial charge is 0.383 e. The van der Waals surface area contributed by atoms with Crippen LogP contribution in [0.1, 0.15) is 11.1 Å². The van der Waals surface area contributed by atoms with Crippen molar-refractivity contribution in [2.75, 3.05) is 24.2 Å². The molecule has 2 aromatic rings. The predicted molar refractivity (Wildman–Crippen MR) is 91.3 cm³/mol. The first kappa shape index (κ1) is 14.0. The van der Waals surface area contributed by atoms with Crippen molar-refractivity contribution in [1.29, 1.82) is 0 Å². The molecule has 4 rings (SSSR count). The van der Waals surface area contributed by atoms with Gasteiger partial charge in [-0.2, -0.15) is 0 Å². The van der Waals surface area contributed by atoms with Crippen LogP contribution in [0.15, 0.2) is 48.5 Å². The maximum atomic E-state index is 12.5. The highest BCUT2D eigenvalue weighted by Crippen LogP contribution is 2.53. The molecule has 3 nitrogen and oxygen atoms in total. The molecule has 1 unspecified atom stereocenters. The Labute approximate surface area is 138 Å². The van der Waals surface area contributed by atoms with Crippen LogP contribution in [0.25, 0.3) is 0 Å². The summed E-state index contributed by atoms with van der Waals surface area (Å²) >= 11 is 7.94. The third-order valence-corrected chi connectivity index (χ3v) is 5.97. The van der Waals surface area contributed by atoms with Crippen LogP contribution in [0, 0.1) is 0 Å². The number of fused-ring (bicyclic) bond motifs is 3. The molecule has 0 aliphatic carbocycles. The zero-order chi connectivity index (χ0) is 15.2. The quantitative estimate of drug-likeness (QED) is 0.868. The van der Waals surface area contributed by atoms with Gasteiger partial charge in [-0.05, 0) is 23.8 Å². The fourth-order valence-electron chi connectivity index (χ4n) is 3.32. The number of hydrogen-bond acceptors (Lipinski definition) is 3. The van der Waals surface area contributed by atoms with Crippen LogP contribution in [0.4, 0.5) is 5.69 Å². The van der Waals surface area contributed by atoms with Crippen LogP contribution < -0.4 is 5.32 Å². The summed E-state index contributed by atoms with van der Waals surface area (Å²) in [6.45, 7) is 1.43. The number of rotatable bonds is 1. The van der Waals surface area contributed by atoms with Gasteiger partial charge < -0.3 is 10.2 Å². The van der Waals surface area contributed by atoms with Gasteiger partial charge in [-0.25, -0.2) is 0 Å². The standard InChI is InChI=1S/C17H15ClN2OS/c18-13-6-7-15-14(10-13)17(12-4-2-1-3-5-12)20(9-8-19-15)16(21)11-22-17/h1-7,10,19H,8-9,11H2. The van der Waals surface area contributed by atoms with Crippen LogP contribution in [-0.4, -0.2) is 29.6 Å². The van der Waals surface area contributed by atoms with Crippen molar-refractivity contribution in [1.82, 2.24) is 4.90 Å². The van der Waals surface area contributed by atoms with E-state index >= 15 is 0 Å². The summed E-state index contributed by atoms with van der Waals surface area (Å²) in [4.78, 5) is 14.0. The molecular formula is C17H15ClN2OS. The molecule has 2 aliphatic heterocycles. The van der Waals surface area contributed by atoms with Gasteiger partial charge in [-0.3, -0.25) is 4.79 Å². The molecule has 2 heterocycles. The monoisotopic (exact) mass is 330 g/mol. The molecule has 5 heteroatoms. The summed E-state index contributed by atoms with van der Waals surface area (Å²) in [5.74, 6) is 0.685. The number of amides is 1. The number of halogens is 1. The Balaban J connectivity index is 2.02. The van der Waals surface area contributed by atoms with Crippen LogP contribution in [0.2, 0.25) is 5.02 Å². The van der Waals surface area contributed by atoms with Gasteiger partial charge in [0.25, 0.3) is 0 Å². The van der Waals surface area contributed by atoms with Crippen molar-refractivity contribution in [3.63, 3.8) is 0 Å². The van der Waals surface area contributed by atoms with Crippen LogP contribution in [0.3, 0.4) is 0 Å². The summed E-state index contributed by atoms with van der Waals surface area (Å²) in [6, 6.07) is 16.1. The van der Waals surface area contributed by atoms with E-state index in [-0.39, 0.29) is 5.91 Å². The summed E-state index contributed by atoms with van der Waals surface area (Å²) in [5, 5.41) is 4.12. The highest BCUT2D eigenvalue weighted by molar-refractivity contribution is 8.01. The van der Waals surface area contributed by atoms with Gasteiger partial charge in [0.1, 0.15) is 4.87 Å². The first-order valence-corrected chi connectivity index (χ1v) is 8.62. The molecule has 2 aliphatic rings. The van der Waals surface area contributed by atoms with Crippen molar-refractivity contribution >= 4 is 35.0 Å². The third-order valence-electron chi connectivity index (χ3n) is 4.25. The lowest BCUT2D eigenvalue weighted by molar-refractivity contribution is -0.129. The Morgan fingerprint density at radius 2 is 2.00 bits per heavy atom. The third kappa shape index (κ3) is 1.94. The molecule has 1 saturated heterocycles. The number of thioether (sulfide) groups is 1. The highest BCUT2D eigenvalue weighted by atomic mass is 35.5. The van der Waals surface area contributed by atoms with Gasteiger partial charge >= 0.3 is 0 Å². The maximum absolute atomic E-state index is 12.5. The molecule has 0 radical (unpaired) electrons. The molecule has 1 N–H and O–H groups in total. The zero-order valence-corrected chi connectivity index (χ0v) is 13.5. The minimum atomic E-state index is -0.484. The molecule has 1 amide bonds. The van der Waals surface area contributed by atoms with E-state index in [1.54, 1.807) is 11.8 Å². The number of carbonyl (C=O) groups is 1. The molecular weight excluding hydrogens is 316 g/mol. The second kappa shape index (κ2) is 5.21. The molecule has 1 fully saturated rings. The zero-order valence-electron chi connectivity index (χ0n) is 11.9. The smallest absolute Gasteiger partial charge is 0.234 e. The Kier molecular flexibility index (Phi) is 3.31. The molecule has 0 spiro atoms. The Morgan fingerprint density at radius 3 is 2.82 bits per heavy atom. The first-order valence-electron chi connectivity index (χ1n) is 7.26. The lowest BCUT2D eigenvalue weighted by Crippen LogP contribution is -2.43. The van der Waals surface area contributed by atoms with Crippen molar-refractivity contribution in [3.8, 4) is 0 Å². The Hall–Kier alpha value is -1.65. The molecule has 22 heavy (non-hydrogen) atoms. The Morgan fingerprint density at radius 1 is 1.18 bits per heavy atom. The van der Waals surface area contributed by atoms with Gasteiger partial charge in [0.15, 0.2) is 0 Å². The molecule has 0 bridgehead atoms. The summed E-state index contributed by atoms with van der Waals surface area (Å²) in [6.07, 6.45) is 0. The van der Waals surface area contributed by atoms with Crippen molar-refractivity contribution < 1.29 is 4.79 Å². The second-order valence-corrected chi connectivity index (χ2v) is 7.07. The van der Waals surface area contributed by atoms with E-state index in [1.165, 1.54) is 0 Å². The molecule has 112 valence electrons. The topological polar surface area (TPSA) is 32.3 Å². The summed E-state index contributed by atoms with van der Waals surface area (Å²) in [7, 11) is 0.